The molecule has 5 nitrogen and oxygen atoms in total. The molecule has 0 spiro atoms. The van der Waals surface area contributed by atoms with Crippen molar-refractivity contribution in [3.05, 3.63) is 0 Å². The Hall–Kier alpha value is -1.10. The van der Waals surface area contributed by atoms with E-state index in [0.29, 0.717) is 25.3 Å². The zero-order chi connectivity index (χ0) is 13.5. The summed E-state index contributed by atoms with van der Waals surface area (Å²) in [6.45, 7) is 2.30. The molecule has 0 aromatic heterocycles. The summed E-state index contributed by atoms with van der Waals surface area (Å²) in [4.78, 5) is 23.1. The second-order valence-corrected chi connectivity index (χ2v) is 6.40. The Kier molecular flexibility index (Phi) is 3.25. The fourth-order valence-corrected chi connectivity index (χ4v) is 3.58. The van der Waals surface area contributed by atoms with Crippen molar-refractivity contribution in [1.29, 1.82) is 0 Å². The fraction of sp³-hybridized carbons (Fsp3) is 0.857. The first-order chi connectivity index (χ1) is 9.11. The smallest absolute Gasteiger partial charge is 0.306 e. The number of hydrogen-bond acceptors (Lipinski definition) is 3. The highest BCUT2D eigenvalue weighted by atomic mass is 16.5. The molecule has 3 rings (SSSR count). The summed E-state index contributed by atoms with van der Waals surface area (Å²) < 4.78 is 5.41. The number of carbonyl (C=O) groups excluding carboxylic acids is 1. The average Bonchev–Trinajstić information content (AvgIpc) is 2.97. The fourth-order valence-electron chi connectivity index (χ4n) is 3.58. The van der Waals surface area contributed by atoms with Crippen LogP contribution >= 0.6 is 0 Å². The van der Waals surface area contributed by atoms with Crippen molar-refractivity contribution in [3.8, 4) is 0 Å². The van der Waals surface area contributed by atoms with E-state index in [-0.39, 0.29) is 23.2 Å². The van der Waals surface area contributed by atoms with Gasteiger partial charge in [0.05, 0.1) is 19.1 Å². The molecule has 0 radical (unpaired) electrons. The van der Waals surface area contributed by atoms with Gasteiger partial charge in [-0.25, -0.2) is 0 Å². The molecule has 2 N–H and O–H groups in total. The van der Waals surface area contributed by atoms with E-state index in [4.69, 9.17) is 9.84 Å². The molecule has 4 atom stereocenters. The molecule has 1 aliphatic heterocycles. The summed E-state index contributed by atoms with van der Waals surface area (Å²) in [5.74, 6) is -0.553. The van der Waals surface area contributed by atoms with Gasteiger partial charge in [0.15, 0.2) is 0 Å². The lowest BCUT2D eigenvalue weighted by Crippen LogP contribution is -2.38. The van der Waals surface area contributed by atoms with E-state index in [9.17, 15) is 9.59 Å². The third-order valence-electron chi connectivity index (χ3n) is 5.08. The topological polar surface area (TPSA) is 75.6 Å². The predicted octanol–water partition coefficient (Wildman–Crippen LogP) is 1.03. The highest BCUT2D eigenvalue weighted by Gasteiger charge is 2.58. The van der Waals surface area contributed by atoms with E-state index in [1.54, 1.807) is 0 Å². The molecule has 2 saturated carbocycles. The minimum absolute atomic E-state index is 0.0397. The molecule has 1 heterocycles. The van der Waals surface area contributed by atoms with Crippen LogP contribution in [0.4, 0.5) is 0 Å². The Morgan fingerprint density at radius 3 is 2.74 bits per heavy atom. The monoisotopic (exact) mass is 267 g/mol. The number of carboxylic acids is 1. The molecule has 106 valence electrons. The van der Waals surface area contributed by atoms with Crippen molar-refractivity contribution in [1.82, 2.24) is 5.32 Å². The summed E-state index contributed by atoms with van der Waals surface area (Å²) in [6.07, 6.45) is 4.03. The van der Waals surface area contributed by atoms with Crippen molar-refractivity contribution in [2.24, 2.45) is 23.2 Å². The van der Waals surface area contributed by atoms with E-state index in [0.717, 1.165) is 32.5 Å². The van der Waals surface area contributed by atoms with Crippen LogP contribution in [-0.4, -0.2) is 36.7 Å². The normalized spacial score (nSPS) is 40.5. The highest BCUT2D eigenvalue weighted by Crippen LogP contribution is 2.56. The van der Waals surface area contributed by atoms with E-state index in [1.165, 1.54) is 0 Å². The second kappa shape index (κ2) is 4.78. The van der Waals surface area contributed by atoms with Crippen LogP contribution in [0.5, 0.6) is 0 Å². The van der Waals surface area contributed by atoms with Crippen LogP contribution in [0.2, 0.25) is 0 Å². The van der Waals surface area contributed by atoms with Gasteiger partial charge >= 0.3 is 5.97 Å². The average molecular weight is 267 g/mol. The lowest BCUT2D eigenvalue weighted by atomic mass is 9.81. The molecule has 3 aliphatic rings. The minimum Gasteiger partial charge on any atom is -0.481 e. The minimum atomic E-state index is -0.762. The molecule has 0 aromatic carbocycles. The van der Waals surface area contributed by atoms with E-state index in [2.05, 4.69) is 5.32 Å². The second-order valence-electron chi connectivity index (χ2n) is 6.40. The molecule has 19 heavy (non-hydrogen) atoms. The van der Waals surface area contributed by atoms with Crippen LogP contribution in [-0.2, 0) is 14.3 Å². The number of amides is 1. The molecule has 0 aromatic rings. The van der Waals surface area contributed by atoms with Gasteiger partial charge in [-0.3, -0.25) is 9.59 Å². The molecule has 0 bridgehead atoms. The number of carbonyl (C=O) groups is 2. The molecule has 1 saturated heterocycles. The third kappa shape index (κ3) is 2.48. The number of fused-ring (bicyclic) bond motifs is 1. The Morgan fingerprint density at radius 1 is 1.32 bits per heavy atom. The summed E-state index contributed by atoms with van der Waals surface area (Å²) in [5, 5.41) is 12.1. The van der Waals surface area contributed by atoms with Crippen LogP contribution < -0.4 is 5.32 Å². The molecule has 3 fully saturated rings. The predicted molar refractivity (Wildman–Crippen MR) is 67.5 cm³/mol. The number of aliphatic carboxylic acids is 1. The van der Waals surface area contributed by atoms with Crippen LogP contribution in [0.15, 0.2) is 0 Å². The molecule has 5 heteroatoms. The Morgan fingerprint density at radius 2 is 2.11 bits per heavy atom. The summed E-state index contributed by atoms with van der Waals surface area (Å²) in [6, 6.07) is 0. The third-order valence-corrected chi connectivity index (χ3v) is 5.08. The molecule has 2 aliphatic carbocycles. The zero-order valence-corrected chi connectivity index (χ0v) is 11.1. The molecular formula is C14H21NO4. The van der Waals surface area contributed by atoms with Gasteiger partial charge in [0, 0.05) is 17.9 Å². The number of ether oxygens (including phenoxy) is 1. The maximum absolute atomic E-state index is 12.1. The first-order valence-corrected chi connectivity index (χ1v) is 7.19. The van der Waals surface area contributed by atoms with E-state index >= 15 is 0 Å². The van der Waals surface area contributed by atoms with Gasteiger partial charge in [-0.15, -0.1) is 0 Å². The van der Waals surface area contributed by atoms with Gasteiger partial charge in [0.1, 0.15) is 0 Å². The molecule has 0 unspecified atom stereocenters. The maximum Gasteiger partial charge on any atom is 0.306 e. The quantitative estimate of drug-likeness (QED) is 0.797. The standard InChI is InChI=1S/C14H21NO4/c16-12(9-2-1-3-10(4-9)13(17)18)15-7-14-5-11(14)6-19-8-14/h9-11H,1-8H2,(H,15,16)(H,17,18)/t9-,10+,11+,14+/m1/s1. The van der Waals surface area contributed by atoms with Gasteiger partial charge in [0.2, 0.25) is 5.91 Å². The van der Waals surface area contributed by atoms with Crippen LogP contribution in [0.25, 0.3) is 0 Å². The Balaban J connectivity index is 1.48. The van der Waals surface area contributed by atoms with Crippen LogP contribution in [0, 0.1) is 23.2 Å². The van der Waals surface area contributed by atoms with E-state index in [1.807, 2.05) is 0 Å². The van der Waals surface area contributed by atoms with Crippen molar-refractivity contribution >= 4 is 11.9 Å². The Bertz CT molecular complexity index is 397. The highest BCUT2D eigenvalue weighted by molar-refractivity contribution is 5.80. The molecule has 1 amide bonds. The van der Waals surface area contributed by atoms with Gasteiger partial charge in [-0.05, 0) is 31.6 Å². The number of hydrogen-bond donors (Lipinski definition) is 2. The first kappa shape index (κ1) is 12.9. The maximum atomic E-state index is 12.1. The summed E-state index contributed by atoms with van der Waals surface area (Å²) in [7, 11) is 0. The number of rotatable bonds is 4. The van der Waals surface area contributed by atoms with Crippen molar-refractivity contribution in [2.75, 3.05) is 19.8 Å². The van der Waals surface area contributed by atoms with Gasteiger partial charge < -0.3 is 15.2 Å². The molecular weight excluding hydrogens is 246 g/mol. The lowest BCUT2D eigenvalue weighted by molar-refractivity contribution is -0.144. The largest absolute Gasteiger partial charge is 0.481 e. The van der Waals surface area contributed by atoms with E-state index < -0.39 is 5.97 Å². The number of carboxylic acid groups (broad SMARTS) is 1. The van der Waals surface area contributed by atoms with Crippen molar-refractivity contribution in [2.45, 2.75) is 32.1 Å². The van der Waals surface area contributed by atoms with Gasteiger partial charge in [-0.2, -0.15) is 0 Å². The van der Waals surface area contributed by atoms with Gasteiger partial charge in [-0.1, -0.05) is 6.42 Å². The van der Waals surface area contributed by atoms with Crippen LogP contribution in [0.3, 0.4) is 0 Å². The Labute approximate surface area is 112 Å². The number of nitrogens with one attached hydrogen (secondary N) is 1. The van der Waals surface area contributed by atoms with Crippen molar-refractivity contribution in [3.63, 3.8) is 0 Å². The first-order valence-electron chi connectivity index (χ1n) is 7.19. The van der Waals surface area contributed by atoms with Crippen molar-refractivity contribution < 1.29 is 19.4 Å². The van der Waals surface area contributed by atoms with Crippen LogP contribution in [0.1, 0.15) is 32.1 Å². The zero-order valence-electron chi connectivity index (χ0n) is 11.1. The lowest BCUT2D eigenvalue weighted by Gasteiger charge is -2.26. The summed E-state index contributed by atoms with van der Waals surface area (Å²) in [5.41, 5.74) is 0.205. The van der Waals surface area contributed by atoms with Gasteiger partial charge in [0.25, 0.3) is 0 Å². The summed E-state index contributed by atoms with van der Waals surface area (Å²) >= 11 is 0. The SMILES string of the molecule is O=C(O)[C@H]1CCC[C@@H](C(=O)NC[C@@]23COC[C@@H]2C3)C1.